The van der Waals surface area contributed by atoms with Crippen LogP contribution in [0.4, 0.5) is 4.39 Å². The summed E-state index contributed by atoms with van der Waals surface area (Å²) >= 11 is 3.22. The van der Waals surface area contributed by atoms with Gasteiger partial charge in [0.05, 0.1) is 15.8 Å². The van der Waals surface area contributed by atoms with Crippen molar-refractivity contribution >= 4 is 23.1 Å². The fraction of sp³-hybridized carbons (Fsp3) is 0.0833. The number of nitriles is 1. The summed E-state index contributed by atoms with van der Waals surface area (Å²) < 4.78 is 14.6. The van der Waals surface area contributed by atoms with E-state index in [2.05, 4.69) is 0 Å². The van der Waals surface area contributed by atoms with E-state index in [4.69, 9.17) is 5.26 Å². The third-order valence-corrected chi connectivity index (χ3v) is 4.22. The summed E-state index contributed by atoms with van der Waals surface area (Å²) in [6.07, 6.45) is 0. The van der Waals surface area contributed by atoms with Crippen LogP contribution < -0.4 is 0 Å². The molecular formula is C12H8FNS2. The Bertz CT molecular complexity index is 514. The quantitative estimate of drug-likeness (QED) is 0.766. The summed E-state index contributed by atoms with van der Waals surface area (Å²) in [5.41, 5.74) is 1.08. The molecule has 0 unspecified atom stereocenters. The van der Waals surface area contributed by atoms with Gasteiger partial charge in [-0.25, -0.2) is 4.39 Å². The molecule has 0 saturated heterocycles. The molecule has 0 aliphatic carbocycles. The van der Waals surface area contributed by atoms with Crippen LogP contribution in [0.15, 0.2) is 39.9 Å². The number of benzene rings is 1. The van der Waals surface area contributed by atoms with Crippen LogP contribution >= 0.6 is 23.1 Å². The molecule has 0 saturated carbocycles. The van der Waals surface area contributed by atoms with Crippen molar-refractivity contribution in [2.75, 3.05) is 0 Å². The molecule has 0 radical (unpaired) electrons. The van der Waals surface area contributed by atoms with Crippen LogP contribution in [0.25, 0.3) is 0 Å². The second kappa shape index (κ2) is 5.15. The average molecular weight is 249 g/mol. The van der Waals surface area contributed by atoms with E-state index >= 15 is 0 Å². The molecule has 1 aromatic carbocycles. The van der Waals surface area contributed by atoms with Crippen molar-refractivity contribution in [3.05, 3.63) is 52.7 Å². The Balaban J connectivity index is 2.12. The van der Waals surface area contributed by atoms with E-state index in [0.29, 0.717) is 16.9 Å². The number of thiophene rings is 1. The summed E-state index contributed by atoms with van der Waals surface area (Å²) in [5.74, 6) is 0.310. The van der Waals surface area contributed by atoms with Crippen LogP contribution in [0.1, 0.15) is 11.1 Å². The molecule has 2 rings (SSSR count). The van der Waals surface area contributed by atoms with Crippen molar-refractivity contribution < 1.29 is 4.39 Å². The largest absolute Gasteiger partial charge is 0.207 e. The Morgan fingerprint density at radius 3 is 2.94 bits per heavy atom. The molecule has 1 heterocycles. The monoisotopic (exact) mass is 249 g/mol. The smallest absolute Gasteiger partial charge is 0.127 e. The van der Waals surface area contributed by atoms with Gasteiger partial charge in [-0.2, -0.15) is 5.26 Å². The Labute approximate surface area is 102 Å². The fourth-order valence-electron chi connectivity index (χ4n) is 1.25. The molecular weight excluding hydrogens is 241 g/mol. The normalized spacial score (nSPS) is 10.0. The highest BCUT2D eigenvalue weighted by Gasteiger charge is 2.04. The molecule has 0 aliphatic rings. The number of halogens is 1. The zero-order valence-corrected chi connectivity index (χ0v) is 9.95. The topological polar surface area (TPSA) is 23.8 Å². The Morgan fingerprint density at radius 1 is 1.38 bits per heavy atom. The number of nitrogens with zero attached hydrogens (tertiary/aromatic N) is 1. The van der Waals surface area contributed by atoms with E-state index in [9.17, 15) is 4.39 Å². The highest BCUT2D eigenvalue weighted by Crippen LogP contribution is 2.28. The van der Waals surface area contributed by atoms with E-state index in [-0.39, 0.29) is 5.82 Å². The van der Waals surface area contributed by atoms with Gasteiger partial charge in [0.2, 0.25) is 0 Å². The van der Waals surface area contributed by atoms with Gasteiger partial charge < -0.3 is 0 Å². The summed E-state index contributed by atoms with van der Waals surface area (Å²) in [7, 11) is 0. The lowest BCUT2D eigenvalue weighted by Crippen LogP contribution is -1.88. The van der Waals surface area contributed by atoms with Crippen molar-refractivity contribution in [1.29, 1.82) is 5.26 Å². The van der Waals surface area contributed by atoms with Crippen molar-refractivity contribution in [2.45, 2.75) is 9.96 Å². The first-order valence-electron chi connectivity index (χ1n) is 4.64. The molecule has 0 spiro atoms. The van der Waals surface area contributed by atoms with E-state index < -0.39 is 0 Å². The summed E-state index contributed by atoms with van der Waals surface area (Å²) in [5, 5.41) is 10.7. The number of hydrogen-bond donors (Lipinski definition) is 0. The first-order valence-corrected chi connectivity index (χ1v) is 6.51. The maximum absolute atomic E-state index is 13.4. The Hall–Kier alpha value is -1.31. The van der Waals surface area contributed by atoms with Gasteiger partial charge in [-0.3, -0.25) is 0 Å². The van der Waals surface area contributed by atoms with Crippen LogP contribution in [-0.4, -0.2) is 0 Å². The fourth-order valence-corrected chi connectivity index (χ4v) is 3.01. The van der Waals surface area contributed by atoms with Crippen molar-refractivity contribution in [3.63, 3.8) is 0 Å². The molecule has 16 heavy (non-hydrogen) atoms. The average Bonchev–Trinajstić information content (AvgIpc) is 2.81. The molecule has 0 aliphatic heterocycles. The second-order valence-electron chi connectivity index (χ2n) is 3.14. The standard InChI is InChI=1S/C12H8FNS2/c13-11-4-3-9(7-14)6-10(11)8-16-12-2-1-5-15-12/h1-6H,8H2. The molecule has 0 fully saturated rings. The first kappa shape index (κ1) is 11.2. The van der Waals surface area contributed by atoms with Gasteiger partial charge in [-0.1, -0.05) is 6.07 Å². The summed E-state index contributed by atoms with van der Waals surface area (Å²) in [6.45, 7) is 0. The first-order chi connectivity index (χ1) is 7.79. The third kappa shape index (κ3) is 2.63. The van der Waals surface area contributed by atoms with Gasteiger partial charge in [0.1, 0.15) is 5.82 Å². The summed E-state index contributed by atoms with van der Waals surface area (Å²) in [6, 6.07) is 10.4. The van der Waals surface area contributed by atoms with E-state index in [1.807, 2.05) is 23.6 Å². The molecule has 1 aromatic heterocycles. The van der Waals surface area contributed by atoms with E-state index in [1.165, 1.54) is 12.1 Å². The Morgan fingerprint density at radius 2 is 2.25 bits per heavy atom. The van der Waals surface area contributed by atoms with Crippen molar-refractivity contribution in [2.24, 2.45) is 0 Å². The molecule has 80 valence electrons. The van der Waals surface area contributed by atoms with Crippen LogP contribution in [0.5, 0.6) is 0 Å². The minimum absolute atomic E-state index is 0.247. The van der Waals surface area contributed by atoms with Crippen LogP contribution in [0.2, 0.25) is 0 Å². The maximum Gasteiger partial charge on any atom is 0.127 e. The molecule has 1 nitrogen and oxygen atoms in total. The van der Waals surface area contributed by atoms with Gasteiger partial charge >= 0.3 is 0 Å². The molecule has 0 bridgehead atoms. The highest BCUT2D eigenvalue weighted by molar-refractivity contribution is 8.00. The number of rotatable bonds is 3. The van der Waals surface area contributed by atoms with Gasteiger partial charge in [0.25, 0.3) is 0 Å². The molecule has 2 aromatic rings. The number of thioether (sulfide) groups is 1. The SMILES string of the molecule is N#Cc1ccc(F)c(CSc2cccs2)c1. The molecule has 0 N–H and O–H groups in total. The van der Waals surface area contributed by atoms with Crippen molar-refractivity contribution in [3.8, 4) is 6.07 Å². The van der Waals surface area contributed by atoms with Crippen LogP contribution in [0, 0.1) is 17.1 Å². The zero-order chi connectivity index (χ0) is 11.4. The summed E-state index contributed by atoms with van der Waals surface area (Å²) in [4.78, 5) is 0. The lowest BCUT2D eigenvalue weighted by Gasteiger charge is -2.02. The predicted molar refractivity (Wildman–Crippen MR) is 65.0 cm³/mol. The minimum Gasteiger partial charge on any atom is -0.207 e. The van der Waals surface area contributed by atoms with E-state index in [0.717, 1.165) is 4.21 Å². The van der Waals surface area contributed by atoms with Crippen LogP contribution in [0.3, 0.4) is 0 Å². The minimum atomic E-state index is -0.247. The molecule has 0 atom stereocenters. The predicted octanol–water partition coefficient (Wildman–Crippen LogP) is 4.05. The van der Waals surface area contributed by atoms with Gasteiger partial charge in [-0.05, 0) is 35.2 Å². The second-order valence-corrected chi connectivity index (χ2v) is 5.36. The number of hydrogen-bond acceptors (Lipinski definition) is 3. The third-order valence-electron chi connectivity index (χ3n) is 2.04. The lowest BCUT2D eigenvalue weighted by molar-refractivity contribution is 0.617. The van der Waals surface area contributed by atoms with Gasteiger partial charge in [0.15, 0.2) is 0 Å². The molecule has 4 heteroatoms. The zero-order valence-electron chi connectivity index (χ0n) is 8.31. The van der Waals surface area contributed by atoms with Gasteiger partial charge in [-0.15, -0.1) is 23.1 Å². The van der Waals surface area contributed by atoms with Gasteiger partial charge in [0, 0.05) is 5.75 Å². The maximum atomic E-state index is 13.4. The highest BCUT2D eigenvalue weighted by atomic mass is 32.2. The van der Waals surface area contributed by atoms with Crippen molar-refractivity contribution in [1.82, 2.24) is 0 Å². The Kier molecular flexibility index (Phi) is 3.60. The van der Waals surface area contributed by atoms with E-state index in [1.54, 1.807) is 29.2 Å². The van der Waals surface area contributed by atoms with Crippen LogP contribution in [-0.2, 0) is 5.75 Å². The molecule has 0 amide bonds. The lowest BCUT2D eigenvalue weighted by atomic mass is 10.1.